The van der Waals surface area contributed by atoms with Gasteiger partial charge in [-0.05, 0) is 79.8 Å². The number of carboxylic acid groups (broad SMARTS) is 1. The summed E-state index contributed by atoms with van der Waals surface area (Å²) in [5.41, 5.74) is -0.441. The zero-order valence-electron chi connectivity index (χ0n) is 26.3. The number of carboxylic acids is 1. The topological polar surface area (TPSA) is 153 Å². The Balaban J connectivity index is 1.23. The van der Waals surface area contributed by atoms with E-state index >= 15 is 0 Å². The number of esters is 2. The SMILES string of the molecule is CC(=O)O[C@]1(C(=O)COC(=O)CCC(=O)N[C@H](C(=O)O)c2ccccc2)CC[C@H]2[C@@H]3CCC4=CC(=O)CC[C@]4(C)[C@H]3CC[C@@]21C. The van der Waals surface area contributed by atoms with Gasteiger partial charge >= 0.3 is 17.9 Å². The average molecular weight is 622 g/mol. The zero-order valence-corrected chi connectivity index (χ0v) is 26.3. The van der Waals surface area contributed by atoms with Crippen LogP contribution in [0.1, 0.15) is 96.6 Å². The molecule has 3 saturated carbocycles. The number of hydrogen-bond acceptors (Lipinski definition) is 8. The summed E-state index contributed by atoms with van der Waals surface area (Å²) in [5.74, 6) is -2.62. The number of aliphatic carboxylic acids is 1. The van der Waals surface area contributed by atoms with Crippen molar-refractivity contribution in [3.63, 3.8) is 0 Å². The van der Waals surface area contributed by atoms with Gasteiger partial charge in [-0.2, -0.15) is 0 Å². The first kappa shape index (κ1) is 32.6. The third kappa shape index (κ3) is 5.95. The highest BCUT2D eigenvalue weighted by Gasteiger charge is 2.68. The minimum Gasteiger partial charge on any atom is -0.479 e. The smallest absolute Gasteiger partial charge is 0.330 e. The molecule has 0 saturated heterocycles. The molecular weight excluding hydrogens is 578 g/mol. The lowest BCUT2D eigenvalue weighted by molar-refractivity contribution is -0.191. The second kappa shape index (κ2) is 12.5. The van der Waals surface area contributed by atoms with Crippen LogP contribution in [-0.2, 0) is 38.2 Å². The number of carbonyl (C=O) groups is 6. The highest BCUT2D eigenvalue weighted by molar-refractivity contribution is 5.94. The number of fused-ring (bicyclic) bond motifs is 5. The molecule has 3 fully saturated rings. The van der Waals surface area contributed by atoms with Crippen molar-refractivity contribution < 1.29 is 43.3 Å². The quantitative estimate of drug-likeness (QED) is 0.355. The van der Waals surface area contributed by atoms with E-state index in [1.165, 1.54) is 12.5 Å². The van der Waals surface area contributed by atoms with Crippen LogP contribution in [0, 0.1) is 28.6 Å². The first-order valence-corrected chi connectivity index (χ1v) is 16.0. The summed E-state index contributed by atoms with van der Waals surface area (Å²) in [6, 6.07) is 6.96. The van der Waals surface area contributed by atoms with Crippen LogP contribution in [0.5, 0.6) is 0 Å². The molecule has 0 bridgehead atoms. The predicted octanol–water partition coefficient (Wildman–Crippen LogP) is 4.65. The fourth-order valence-electron chi connectivity index (χ4n) is 9.20. The van der Waals surface area contributed by atoms with Crippen LogP contribution in [0.3, 0.4) is 0 Å². The van der Waals surface area contributed by atoms with E-state index in [1.54, 1.807) is 30.3 Å². The molecule has 0 aromatic heterocycles. The molecule has 45 heavy (non-hydrogen) atoms. The van der Waals surface area contributed by atoms with Crippen molar-refractivity contribution in [3.8, 4) is 0 Å². The molecule has 0 unspecified atom stereocenters. The molecule has 2 N–H and O–H groups in total. The van der Waals surface area contributed by atoms with Gasteiger partial charge in [0.05, 0.1) is 6.42 Å². The van der Waals surface area contributed by atoms with E-state index in [0.29, 0.717) is 43.1 Å². The van der Waals surface area contributed by atoms with Crippen molar-refractivity contribution in [3.05, 3.63) is 47.5 Å². The Labute approximate surface area is 263 Å². The first-order valence-electron chi connectivity index (χ1n) is 16.0. The van der Waals surface area contributed by atoms with E-state index in [9.17, 15) is 33.9 Å². The van der Waals surface area contributed by atoms with E-state index in [4.69, 9.17) is 9.47 Å². The molecule has 242 valence electrons. The van der Waals surface area contributed by atoms with Crippen molar-refractivity contribution in [2.75, 3.05) is 6.61 Å². The lowest BCUT2D eigenvalue weighted by Crippen LogP contribution is -2.59. The van der Waals surface area contributed by atoms with Crippen molar-refractivity contribution in [1.29, 1.82) is 0 Å². The Kier molecular flexibility index (Phi) is 9.06. The number of ketones is 2. The Morgan fingerprint density at radius 3 is 2.36 bits per heavy atom. The summed E-state index contributed by atoms with van der Waals surface area (Å²) in [4.78, 5) is 75.3. The maximum absolute atomic E-state index is 13.9. The number of allylic oxidation sites excluding steroid dienone is 1. The maximum Gasteiger partial charge on any atom is 0.330 e. The minimum absolute atomic E-state index is 0.0394. The standard InChI is InChI=1S/C35H43NO9/c1-21(37)45-35(28(39)20-44-30(41)12-11-29(40)36-31(32(42)43)22-7-5-4-6-8-22)18-15-27-25-10-9-23-19-24(38)13-16-33(23,2)26(25)14-17-34(27,35)3/h4-8,19,25-27,31H,9-18,20H2,1-3H3,(H,36,40)(H,42,43)/t25-,26+,27+,31+,33+,34+,35+/m1/s1. The average Bonchev–Trinajstić information content (AvgIpc) is 3.30. The molecule has 0 spiro atoms. The molecular formula is C35H43NO9. The van der Waals surface area contributed by atoms with Crippen molar-refractivity contribution in [2.45, 2.75) is 96.6 Å². The Hall–Kier alpha value is -3.82. The van der Waals surface area contributed by atoms with E-state index < -0.39 is 53.3 Å². The Morgan fingerprint density at radius 1 is 0.956 bits per heavy atom. The number of carbonyl (C=O) groups excluding carboxylic acids is 5. The zero-order chi connectivity index (χ0) is 32.6. The molecule has 0 radical (unpaired) electrons. The van der Waals surface area contributed by atoms with Crippen LogP contribution in [0.15, 0.2) is 42.0 Å². The lowest BCUT2D eigenvalue weighted by Gasteiger charge is -2.59. The van der Waals surface area contributed by atoms with Gasteiger partial charge in [-0.25, -0.2) is 4.79 Å². The van der Waals surface area contributed by atoms with Crippen molar-refractivity contribution in [1.82, 2.24) is 5.32 Å². The van der Waals surface area contributed by atoms with E-state index in [0.717, 1.165) is 25.7 Å². The number of hydrogen-bond donors (Lipinski definition) is 2. The second-order valence-electron chi connectivity index (χ2n) is 13.7. The number of Topliss-reactive ketones (excluding diaryl/α,β-unsaturated/α-hetero) is 1. The summed E-state index contributed by atoms with van der Waals surface area (Å²) in [7, 11) is 0. The van der Waals surface area contributed by atoms with Gasteiger partial charge < -0.3 is 19.9 Å². The number of rotatable bonds is 10. The van der Waals surface area contributed by atoms with Gasteiger partial charge in [0.2, 0.25) is 11.7 Å². The van der Waals surface area contributed by atoms with Gasteiger partial charge in [0.1, 0.15) is 0 Å². The molecule has 0 aliphatic heterocycles. The van der Waals surface area contributed by atoms with Crippen molar-refractivity contribution in [2.24, 2.45) is 28.6 Å². The number of benzene rings is 1. The molecule has 10 nitrogen and oxygen atoms in total. The molecule has 1 amide bonds. The summed E-state index contributed by atoms with van der Waals surface area (Å²) < 4.78 is 11.3. The normalized spacial score (nSPS) is 32.6. The van der Waals surface area contributed by atoms with Crippen molar-refractivity contribution >= 4 is 35.4 Å². The molecule has 5 rings (SSSR count). The van der Waals surface area contributed by atoms with Gasteiger partial charge in [0.15, 0.2) is 24.0 Å². The summed E-state index contributed by atoms with van der Waals surface area (Å²) in [5, 5.41) is 12.0. The second-order valence-corrected chi connectivity index (χ2v) is 13.7. The van der Waals surface area contributed by atoms with Crippen LogP contribution < -0.4 is 5.32 Å². The van der Waals surface area contributed by atoms with Crippen LogP contribution in [0.4, 0.5) is 0 Å². The molecule has 4 aliphatic rings. The van der Waals surface area contributed by atoms with Gasteiger partial charge in [-0.3, -0.25) is 24.0 Å². The Morgan fingerprint density at radius 2 is 1.67 bits per heavy atom. The maximum atomic E-state index is 13.9. The van der Waals surface area contributed by atoms with Crippen LogP contribution in [0.2, 0.25) is 0 Å². The largest absolute Gasteiger partial charge is 0.479 e. The summed E-state index contributed by atoms with van der Waals surface area (Å²) in [6.07, 6.45) is 6.97. The molecule has 7 atom stereocenters. The number of nitrogens with one attached hydrogen (secondary N) is 1. The van der Waals surface area contributed by atoms with Crippen LogP contribution in [0.25, 0.3) is 0 Å². The highest BCUT2D eigenvalue weighted by Crippen LogP contribution is 2.68. The van der Waals surface area contributed by atoms with Crippen LogP contribution in [-0.4, -0.2) is 52.7 Å². The van der Waals surface area contributed by atoms with Gasteiger partial charge in [-0.1, -0.05) is 49.8 Å². The van der Waals surface area contributed by atoms with E-state index in [-0.39, 0.29) is 30.0 Å². The van der Waals surface area contributed by atoms with Crippen LogP contribution >= 0.6 is 0 Å². The summed E-state index contributed by atoms with van der Waals surface area (Å²) in [6.45, 7) is 5.03. The molecule has 4 aliphatic carbocycles. The van der Waals surface area contributed by atoms with Gasteiger partial charge in [0.25, 0.3) is 0 Å². The number of amides is 1. The first-order chi connectivity index (χ1) is 21.3. The van der Waals surface area contributed by atoms with E-state index in [1.807, 2.05) is 13.0 Å². The fourth-order valence-corrected chi connectivity index (χ4v) is 9.20. The molecule has 1 aromatic rings. The molecule has 1 aromatic carbocycles. The lowest BCUT2D eigenvalue weighted by atomic mass is 9.46. The fraction of sp³-hybridized carbons (Fsp3) is 0.600. The predicted molar refractivity (Wildman–Crippen MR) is 161 cm³/mol. The number of ether oxygens (including phenoxy) is 2. The monoisotopic (exact) mass is 621 g/mol. The molecule has 10 heteroatoms. The van der Waals surface area contributed by atoms with Gasteiger partial charge in [-0.15, -0.1) is 0 Å². The third-order valence-electron chi connectivity index (χ3n) is 11.5. The Bertz CT molecular complexity index is 1420. The summed E-state index contributed by atoms with van der Waals surface area (Å²) >= 11 is 0. The highest BCUT2D eigenvalue weighted by atomic mass is 16.6. The minimum atomic E-state index is -1.42. The van der Waals surface area contributed by atoms with Gasteiger partial charge in [0, 0.05) is 25.2 Å². The third-order valence-corrected chi connectivity index (χ3v) is 11.5. The molecule has 0 heterocycles. The van der Waals surface area contributed by atoms with E-state index in [2.05, 4.69) is 12.2 Å².